The van der Waals surface area contributed by atoms with Gasteiger partial charge in [0.25, 0.3) is 5.56 Å². The zero-order valence-electron chi connectivity index (χ0n) is 15.5. The summed E-state index contributed by atoms with van der Waals surface area (Å²) < 4.78 is 12.1. The number of carbonyl (C=O) groups is 1. The second-order valence-electron chi connectivity index (χ2n) is 6.01. The van der Waals surface area contributed by atoms with Crippen LogP contribution in [0, 0.1) is 6.92 Å². The molecule has 1 heterocycles. The Labute approximate surface area is 156 Å². The van der Waals surface area contributed by atoms with Crippen molar-refractivity contribution in [2.75, 3.05) is 14.2 Å². The number of para-hydroxylation sites is 3. The number of aromatic nitrogens is 2. The molecule has 7 heteroatoms. The van der Waals surface area contributed by atoms with Crippen molar-refractivity contribution in [3.05, 3.63) is 64.1 Å². The smallest absolute Gasteiger partial charge is 0.272 e. The van der Waals surface area contributed by atoms with Gasteiger partial charge in [-0.05, 0) is 25.1 Å². The number of nitrogens with one attached hydrogen (secondary N) is 1. The molecule has 0 aliphatic carbocycles. The lowest BCUT2D eigenvalue weighted by atomic mass is 10.2. The lowest BCUT2D eigenvalue weighted by Crippen LogP contribution is -2.33. The molecule has 3 aromatic rings. The number of hydrogen-bond acceptors (Lipinski definition) is 5. The number of amides is 1. The molecule has 7 nitrogen and oxygen atoms in total. The summed E-state index contributed by atoms with van der Waals surface area (Å²) in [5.74, 6) is 0.886. The van der Waals surface area contributed by atoms with Crippen molar-refractivity contribution < 1.29 is 14.3 Å². The number of fused-ring (bicyclic) bond motifs is 1. The molecule has 0 aliphatic rings. The zero-order chi connectivity index (χ0) is 19.4. The fraction of sp³-hybridized carbons (Fsp3) is 0.250. The predicted molar refractivity (Wildman–Crippen MR) is 102 cm³/mol. The van der Waals surface area contributed by atoms with Crippen molar-refractivity contribution in [2.24, 2.45) is 0 Å². The van der Waals surface area contributed by atoms with E-state index in [2.05, 4.69) is 10.3 Å². The standard InChI is InChI=1S/C20H21N3O4/c1-13-20(25)23(16-9-5-4-8-15(16)22-13)12-18(24)21-11-14-7-6-10-17(26-2)19(14)27-3/h4-10H,11-12H2,1-3H3,(H,21,24). The van der Waals surface area contributed by atoms with Gasteiger partial charge in [-0.3, -0.25) is 14.2 Å². The molecule has 0 saturated carbocycles. The molecular formula is C20H21N3O4. The maximum absolute atomic E-state index is 12.5. The number of hydrogen-bond donors (Lipinski definition) is 1. The maximum Gasteiger partial charge on any atom is 0.272 e. The summed E-state index contributed by atoms with van der Waals surface area (Å²) in [6.45, 7) is 1.81. The quantitative estimate of drug-likeness (QED) is 0.721. The van der Waals surface area contributed by atoms with E-state index in [0.717, 1.165) is 5.56 Å². The van der Waals surface area contributed by atoms with Crippen molar-refractivity contribution in [2.45, 2.75) is 20.0 Å². The summed E-state index contributed by atoms with van der Waals surface area (Å²) in [7, 11) is 3.11. The summed E-state index contributed by atoms with van der Waals surface area (Å²) in [6, 6.07) is 12.7. The van der Waals surface area contributed by atoms with E-state index < -0.39 is 0 Å². The Balaban J connectivity index is 1.81. The van der Waals surface area contributed by atoms with Crippen LogP contribution in [-0.4, -0.2) is 29.7 Å². The van der Waals surface area contributed by atoms with Gasteiger partial charge in [-0.2, -0.15) is 0 Å². The lowest BCUT2D eigenvalue weighted by molar-refractivity contribution is -0.121. The normalized spacial score (nSPS) is 10.6. The van der Waals surface area contributed by atoms with Crippen molar-refractivity contribution >= 4 is 16.9 Å². The minimum atomic E-state index is -0.280. The van der Waals surface area contributed by atoms with Gasteiger partial charge in [0.2, 0.25) is 5.91 Å². The first kappa shape index (κ1) is 18.4. The van der Waals surface area contributed by atoms with Crippen LogP contribution in [0.3, 0.4) is 0 Å². The number of ether oxygens (including phenoxy) is 2. The highest BCUT2D eigenvalue weighted by atomic mass is 16.5. The third-order valence-corrected chi connectivity index (χ3v) is 4.28. The monoisotopic (exact) mass is 367 g/mol. The third-order valence-electron chi connectivity index (χ3n) is 4.28. The summed E-state index contributed by atoms with van der Waals surface area (Å²) >= 11 is 0. The third kappa shape index (κ3) is 3.76. The summed E-state index contributed by atoms with van der Waals surface area (Å²) in [5, 5.41) is 2.83. The number of rotatable bonds is 6. The Bertz CT molecular complexity index is 1040. The van der Waals surface area contributed by atoms with E-state index >= 15 is 0 Å². The number of carbonyl (C=O) groups excluding carboxylic acids is 1. The maximum atomic E-state index is 12.5. The first-order chi connectivity index (χ1) is 13.0. The van der Waals surface area contributed by atoms with Gasteiger partial charge in [0.15, 0.2) is 11.5 Å². The number of methoxy groups -OCH3 is 2. The first-order valence-electron chi connectivity index (χ1n) is 8.48. The van der Waals surface area contributed by atoms with Crippen LogP contribution in [0.5, 0.6) is 11.5 Å². The Kier molecular flexibility index (Phi) is 5.40. The fourth-order valence-corrected chi connectivity index (χ4v) is 2.96. The van der Waals surface area contributed by atoms with Crippen LogP contribution < -0.4 is 20.3 Å². The van der Waals surface area contributed by atoms with Gasteiger partial charge in [0, 0.05) is 12.1 Å². The molecule has 2 aromatic carbocycles. The van der Waals surface area contributed by atoms with E-state index in [1.165, 1.54) is 4.57 Å². The molecular weight excluding hydrogens is 346 g/mol. The fourth-order valence-electron chi connectivity index (χ4n) is 2.96. The van der Waals surface area contributed by atoms with Gasteiger partial charge >= 0.3 is 0 Å². The van der Waals surface area contributed by atoms with Crippen molar-refractivity contribution in [3.8, 4) is 11.5 Å². The second kappa shape index (κ2) is 7.90. The molecule has 0 unspecified atom stereocenters. The second-order valence-corrected chi connectivity index (χ2v) is 6.01. The Morgan fingerprint density at radius 2 is 1.89 bits per heavy atom. The van der Waals surface area contributed by atoms with Crippen LogP contribution in [0.4, 0.5) is 0 Å². The highest BCUT2D eigenvalue weighted by molar-refractivity contribution is 5.80. The molecule has 0 atom stereocenters. The number of benzene rings is 2. The molecule has 0 fully saturated rings. The highest BCUT2D eigenvalue weighted by Gasteiger charge is 2.13. The Hall–Kier alpha value is -3.35. The summed E-state index contributed by atoms with van der Waals surface area (Å²) in [6.07, 6.45) is 0. The number of nitrogens with zero attached hydrogens (tertiary/aromatic N) is 2. The highest BCUT2D eigenvalue weighted by Crippen LogP contribution is 2.30. The molecule has 3 rings (SSSR count). The topological polar surface area (TPSA) is 82.5 Å². The average Bonchev–Trinajstić information content (AvgIpc) is 2.69. The van der Waals surface area contributed by atoms with Crippen LogP contribution in [0.25, 0.3) is 11.0 Å². The van der Waals surface area contributed by atoms with Crippen molar-refractivity contribution in [1.29, 1.82) is 0 Å². The Morgan fingerprint density at radius 3 is 2.63 bits per heavy atom. The van der Waals surface area contributed by atoms with Crippen LogP contribution in [0.15, 0.2) is 47.3 Å². The van der Waals surface area contributed by atoms with Crippen LogP contribution in [-0.2, 0) is 17.9 Å². The van der Waals surface area contributed by atoms with E-state index in [1.807, 2.05) is 30.3 Å². The van der Waals surface area contributed by atoms with E-state index in [9.17, 15) is 9.59 Å². The van der Waals surface area contributed by atoms with Gasteiger partial charge in [-0.25, -0.2) is 4.98 Å². The summed E-state index contributed by atoms with van der Waals surface area (Å²) in [4.78, 5) is 29.2. The lowest BCUT2D eigenvalue weighted by Gasteiger charge is -2.14. The van der Waals surface area contributed by atoms with Gasteiger partial charge < -0.3 is 14.8 Å². The van der Waals surface area contributed by atoms with E-state index in [0.29, 0.717) is 28.2 Å². The van der Waals surface area contributed by atoms with Crippen molar-refractivity contribution in [1.82, 2.24) is 14.9 Å². The molecule has 0 saturated heterocycles. The molecule has 0 radical (unpaired) electrons. The largest absolute Gasteiger partial charge is 0.493 e. The van der Waals surface area contributed by atoms with Gasteiger partial charge in [0.1, 0.15) is 12.2 Å². The van der Waals surface area contributed by atoms with Gasteiger partial charge in [0.05, 0.1) is 25.3 Å². The molecule has 1 N–H and O–H groups in total. The Morgan fingerprint density at radius 1 is 1.11 bits per heavy atom. The van der Waals surface area contributed by atoms with E-state index in [-0.39, 0.29) is 24.6 Å². The zero-order valence-corrected chi connectivity index (χ0v) is 15.5. The molecule has 0 spiro atoms. The van der Waals surface area contributed by atoms with E-state index in [4.69, 9.17) is 9.47 Å². The SMILES string of the molecule is COc1cccc(CNC(=O)Cn2c(=O)c(C)nc3ccccc32)c1OC. The first-order valence-corrected chi connectivity index (χ1v) is 8.48. The predicted octanol–water partition coefficient (Wildman–Crippen LogP) is 2.04. The average molecular weight is 367 g/mol. The molecule has 140 valence electrons. The molecule has 27 heavy (non-hydrogen) atoms. The number of aryl methyl sites for hydroxylation is 1. The molecule has 0 aliphatic heterocycles. The van der Waals surface area contributed by atoms with E-state index in [1.54, 1.807) is 33.3 Å². The minimum Gasteiger partial charge on any atom is -0.493 e. The molecule has 1 aromatic heterocycles. The van der Waals surface area contributed by atoms with Crippen LogP contribution in [0.2, 0.25) is 0 Å². The van der Waals surface area contributed by atoms with Crippen LogP contribution in [0.1, 0.15) is 11.3 Å². The summed E-state index contributed by atoms with van der Waals surface area (Å²) in [5.41, 5.74) is 2.17. The van der Waals surface area contributed by atoms with Crippen molar-refractivity contribution in [3.63, 3.8) is 0 Å². The minimum absolute atomic E-state index is 0.0883. The molecule has 1 amide bonds. The molecule has 0 bridgehead atoms. The van der Waals surface area contributed by atoms with Gasteiger partial charge in [-0.1, -0.05) is 24.3 Å². The van der Waals surface area contributed by atoms with Crippen LogP contribution >= 0.6 is 0 Å². The van der Waals surface area contributed by atoms with Gasteiger partial charge in [-0.15, -0.1) is 0 Å².